The van der Waals surface area contributed by atoms with Crippen LogP contribution in [0.15, 0.2) is 60.8 Å². The highest BCUT2D eigenvalue weighted by Gasteiger charge is 2.05. The molecule has 3 aromatic rings. The first-order valence-electron chi connectivity index (χ1n) is 11.1. The normalized spacial score (nSPS) is 12.6. The van der Waals surface area contributed by atoms with Crippen LogP contribution < -0.4 is 0 Å². The van der Waals surface area contributed by atoms with Crippen LogP contribution in [0.25, 0.3) is 28.1 Å². The van der Waals surface area contributed by atoms with E-state index in [4.69, 9.17) is 4.74 Å². The SMILES string of the molecule is CCCCCOC(C)CCCC=Cc1ccc2c(-c3ccc(O)cn3)cccc2c1. The second kappa shape index (κ2) is 11.5. The zero-order valence-corrected chi connectivity index (χ0v) is 18.2. The number of hydrogen-bond acceptors (Lipinski definition) is 3. The Morgan fingerprint density at radius 2 is 1.97 bits per heavy atom. The molecule has 0 saturated carbocycles. The van der Waals surface area contributed by atoms with E-state index in [0.29, 0.717) is 6.10 Å². The van der Waals surface area contributed by atoms with E-state index in [1.807, 2.05) is 6.07 Å². The minimum atomic E-state index is 0.184. The van der Waals surface area contributed by atoms with Crippen molar-refractivity contribution in [3.8, 4) is 17.0 Å². The molecule has 0 spiro atoms. The molecule has 30 heavy (non-hydrogen) atoms. The number of pyridine rings is 1. The molecule has 1 unspecified atom stereocenters. The van der Waals surface area contributed by atoms with E-state index >= 15 is 0 Å². The molecule has 1 N–H and O–H groups in total. The Morgan fingerprint density at radius 1 is 1.07 bits per heavy atom. The third-order valence-corrected chi connectivity index (χ3v) is 5.37. The van der Waals surface area contributed by atoms with Crippen molar-refractivity contribution in [1.82, 2.24) is 4.98 Å². The summed E-state index contributed by atoms with van der Waals surface area (Å²) in [5, 5.41) is 11.8. The van der Waals surface area contributed by atoms with Crippen LogP contribution in [0.5, 0.6) is 5.75 Å². The van der Waals surface area contributed by atoms with Gasteiger partial charge in [0.15, 0.2) is 0 Å². The molecule has 0 aliphatic rings. The second-order valence-corrected chi connectivity index (χ2v) is 7.91. The molecule has 0 radical (unpaired) electrons. The van der Waals surface area contributed by atoms with Crippen molar-refractivity contribution in [2.75, 3.05) is 6.61 Å². The Kier molecular flexibility index (Phi) is 8.46. The molecule has 0 saturated heterocycles. The monoisotopic (exact) mass is 403 g/mol. The number of unbranched alkanes of at least 4 members (excludes halogenated alkanes) is 3. The number of benzene rings is 2. The first-order valence-corrected chi connectivity index (χ1v) is 11.1. The summed E-state index contributed by atoms with van der Waals surface area (Å²) in [4.78, 5) is 4.36. The summed E-state index contributed by atoms with van der Waals surface area (Å²) in [7, 11) is 0. The molecule has 3 rings (SSSR count). The number of aromatic hydroxyl groups is 1. The molecule has 0 fully saturated rings. The molecule has 1 heterocycles. The summed E-state index contributed by atoms with van der Waals surface area (Å²) in [6.07, 6.45) is 13.3. The van der Waals surface area contributed by atoms with Crippen molar-refractivity contribution >= 4 is 16.8 Å². The number of nitrogens with zero attached hydrogens (tertiary/aromatic N) is 1. The summed E-state index contributed by atoms with van der Waals surface area (Å²) < 4.78 is 5.87. The maximum Gasteiger partial charge on any atom is 0.133 e. The maximum absolute atomic E-state index is 9.48. The van der Waals surface area contributed by atoms with E-state index in [2.05, 4.69) is 67.4 Å². The zero-order valence-electron chi connectivity index (χ0n) is 18.2. The Balaban J connectivity index is 1.55. The number of aromatic nitrogens is 1. The van der Waals surface area contributed by atoms with Crippen molar-refractivity contribution in [3.63, 3.8) is 0 Å². The summed E-state index contributed by atoms with van der Waals surface area (Å²) in [5.74, 6) is 0.184. The average molecular weight is 404 g/mol. The van der Waals surface area contributed by atoms with Crippen LogP contribution in [0.1, 0.15) is 57.9 Å². The summed E-state index contributed by atoms with van der Waals surface area (Å²) >= 11 is 0. The fraction of sp³-hybridized carbons (Fsp3) is 0.370. The molecular weight excluding hydrogens is 370 g/mol. The van der Waals surface area contributed by atoms with Crippen LogP contribution in [0.3, 0.4) is 0 Å². The van der Waals surface area contributed by atoms with Crippen LogP contribution in [0, 0.1) is 0 Å². The van der Waals surface area contributed by atoms with Crippen LogP contribution in [-0.4, -0.2) is 22.8 Å². The molecule has 1 atom stereocenters. The van der Waals surface area contributed by atoms with E-state index in [1.165, 1.54) is 41.8 Å². The van der Waals surface area contributed by atoms with Crippen molar-refractivity contribution in [3.05, 3.63) is 66.4 Å². The van der Waals surface area contributed by atoms with Gasteiger partial charge >= 0.3 is 0 Å². The minimum Gasteiger partial charge on any atom is -0.506 e. The minimum absolute atomic E-state index is 0.184. The lowest BCUT2D eigenvalue weighted by Crippen LogP contribution is -2.08. The largest absolute Gasteiger partial charge is 0.506 e. The van der Waals surface area contributed by atoms with Gasteiger partial charge in [-0.3, -0.25) is 4.98 Å². The van der Waals surface area contributed by atoms with Crippen molar-refractivity contribution in [1.29, 1.82) is 0 Å². The highest BCUT2D eigenvalue weighted by atomic mass is 16.5. The van der Waals surface area contributed by atoms with Crippen molar-refractivity contribution in [2.45, 2.75) is 58.5 Å². The van der Waals surface area contributed by atoms with Gasteiger partial charge in [0.05, 0.1) is 18.0 Å². The smallest absolute Gasteiger partial charge is 0.133 e. The first-order chi connectivity index (χ1) is 14.7. The fourth-order valence-corrected chi connectivity index (χ4v) is 3.64. The van der Waals surface area contributed by atoms with Crippen molar-refractivity contribution in [2.24, 2.45) is 0 Å². The van der Waals surface area contributed by atoms with Crippen molar-refractivity contribution < 1.29 is 9.84 Å². The van der Waals surface area contributed by atoms with Gasteiger partial charge in [-0.05, 0) is 67.1 Å². The Bertz CT molecular complexity index is 947. The Hall–Kier alpha value is -2.65. The third kappa shape index (κ3) is 6.43. The summed E-state index contributed by atoms with van der Waals surface area (Å²) in [5.41, 5.74) is 3.16. The number of rotatable bonds is 11. The van der Waals surface area contributed by atoms with Gasteiger partial charge in [0, 0.05) is 12.2 Å². The first kappa shape index (κ1) is 22.0. The van der Waals surface area contributed by atoms with E-state index in [9.17, 15) is 5.11 Å². The fourth-order valence-electron chi connectivity index (χ4n) is 3.64. The van der Waals surface area contributed by atoms with Gasteiger partial charge in [0.1, 0.15) is 5.75 Å². The second-order valence-electron chi connectivity index (χ2n) is 7.91. The van der Waals surface area contributed by atoms with Gasteiger partial charge in [0.25, 0.3) is 0 Å². The van der Waals surface area contributed by atoms with Gasteiger partial charge in [0.2, 0.25) is 0 Å². The highest BCUT2D eigenvalue weighted by molar-refractivity contribution is 5.96. The summed E-state index contributed by atoms with van der Waals surface area (Å²) in [6.45, 7) is 5.29. The van der Waals surface area contributed by atoms with Crippen LogP contribution in [-0.2, 0) is 4.74 Å². The summed E-state index contributed by atoms with van der Waals surface area (Å²) in [6, 6.07) is 16.3. The van der Waals surface area contributed by atoms with E-state index in [-0.39, 0.29) is 5.75 Å². The average Bonchev–Trinajstić information content (AvgIpc) is 2.76. The van der Waals surface area contributed by atoms with Gasteiger partial charge in [-0.15, -0.1) is 0 Å². The molecule has 3 nitrogen and oxygen atoms in total. The van der Waals surface area contributed by atoms with Gasteiger partial charge in [-0.1, -0.05) is 62.2 Å². The molecule has 2 aromatic carbocycles. The zero-order chi connectivity index (χ0) is 21.2. The van der Waals surface area contributed by atoms with E-state index < -0.39 is 0 Å². The Morgan fingerprint density at radius 3 is 2.77 bits per heavy atom. The molecule has 158 valence electrons. The number of allylic oxidation sites excluding steroid dienone is 1. The maximum atomic E-state index is 9.48. The van der Waals surface area contributed by atoms with E-state index in [0.717, 1.165) is 37.1 Å². The third-order valence-electron chi connectivity index (χ3n) is 5.37. The highest BCUT2D eigenvalue weighted by Crippen LogP contribution is 2.29. The molecule has 0 aliphatic heterocycles. The van der Waals surface area contributed by atoms with E-state index in [1.54, 1.807) is 6.07 Å². The topological polar surface area (TPSA) is 42.4 Å². The lowest BCUT2D eigenvalue weighted by atomic mass is 9.99. The lowest BCUT2D eigenvalue weighted by molar-refractivity contribution is 0.0566. The molecular formula is C27H33NO2. The molecule has 0 aliphatic carbocycles. The number of hydrogen-bond donors (Lipinski definition) is 1. The standard InChI is InChI=1S/C27H33NO2/c1-3-4-8-18-30-21(2)10-6-5-7-11-22-14-16-25-23(19-22)12-9-13-26(25)27-17-15-24(29)20-28-27/h7,9,11-17,19-21,29H,3-6,8,10,18H2,1-2H3. The molecule has 0 amide bonds. The van der Waals surface area contributed by atoms with Gasteiger partial charge < -0.3 is 9.84 Å². The number of ether oxygens (including phenoxy) is 1. The van der Waals surface area contributed by atoms with Gasteiger partial charge in [-0.2, -0.15) is 0 Å². The molecule has 1 aromatic heterocycles. The molecule has 3 heteroatoms. The van der Waals surface area contributed by atoms with Crippen LogP contribution >= 0.6 is 0 Å². The predicted molar refractivity (Wildman–Crippen MR) is 127 cm³/mol. The quantitative estimate of drug-likeness (QED) is 0.339. The van der Waals surface area contributed by atoms with Gasteiger partial charge in [-0.25, -0.2) is 0 Å². The lowest BCUT2D eigenvalue weighted by Gasteiger charge is -2.12. The van der Waals surface area contributed by atoms with Crippen LogP contribution in [0.2, 0.25) is 0 Å². The predicted octanol–water partition coefficient (Wildman–Crippen LogP) is 7.39. The number of fused-ring (bicyclic) bond motifs is 1. The Labute approximate surface area is 180 Å². The molecule has 0 bridgehead atoms. The van der Waals surface area contributed by atoms with Crippen LogP contribution in [0.4, 0.5) is 0 Å².